The van der Waals surface area contributed by atoms with Gasteiger partial charge in [0.05, 0.1) is 11.0 Å². The standard InChI is InChI=1S/C24H26F2N4O2/c25-19-8-7-16(14-20(19)26)23(31)29-11-3-4-18(29)15-28-12-9-17(10-13-28)30-22-6-2-1-5-21(22)27-24(30)32/h1-2,5-8,14,17-18H,3-4,9-13,15H2,(H,27,32). The van der Waals surface area contributed by atoms with Gasteiger partial charge in [-0.05, 0) is 56.0 Å². The number of imidazole rings is 1. The third kappa shape index (κ3) is 3.83. The summed E-state index contributed by atoms with van der Waals surface area (Å²) in [7, 11) is 0. The van der Waals surface area contributed by atoms with Gasteiger partial charge < -0.3 is 14.8 Å². The Labute approximate surface area is 184 Å². The molecule has 1 amide bonds. The van der Waals surface area contributed by atoms with Crippen LogP contribution in [-0.2, 0) is 0 Å². The zero-order chi connectivity index (χ0) is 22.2. The van der Waals surface area contributed by atoms with Crippen molar-refractivity contribution in [3.8, 4) is 0 Å². The highest BCUT2D eigenvalue weighted by Crippen LogP contribution is 2.27. The number of para-hydroxylation sites is 2. The monoisotopic (exact) mass is 440 g/mol. The fraction of sp³-hybridized carbons (Fsp3) is 0.417. The highest BCUT2D eigenvalue weighted by atomic mass is 19.2. The third-order valence-electron chi connectivity index (χ3n) is 6.82. The van der Waals surface area contributed by atoms with Crippen molar-refractivity contribution >= 4 is 16.9 Å². The molecule has 5 rings (SSSR count). The number of piperidine rings is 1. The summed E-state index contributed by atoms with van der Waals surface area (Å²) in [6, 6.07) is 11.3. The molecule has 3 heterocycles. The molecule has 8 heteroatoms. The van der Waals surface area contributed by atoms with E-state index in [1.54, 1.807) is 4.90 Å². The Morgan fingerprint density at radius 1 is 1.00 bits per heavy atom. The van der Waals surface area contributed by atoms with Gasteiger partial charge in [-0.25, -0.2) is 13.6 Å². The number of fused-ring (bicyclic) bond motifs is 1. The molecule has 2 fully saturated rings. The van der Waals surface area contributed by atoms with Crippen molar-refractivity contribution in [3.63, 3.8) is 0 Å². The maximum Gasteiger partial charge on any atom is 0.326 e. The van der Waals surface area contributed by atoms with Crippen molar-refractivity contribution < 1.29 is 13.6 Å². The van der Waals surface area contributed by atoms with Gasteiger partial charge in [0.2, 0.25) is 0 Å². The largest absolute Gasteiger partial charge is 0.334 e. The van der Waals surface area contributed by atoms with Crippen molar-refractivity contribution in [1.82, 2.24) is 19.4 Å². The van der Waals surface area contributed by atoms with E-state index in [-0.39, 0.29) is 29.2 Å². The summed E-state index contributed by atoms with van der Waals surface area (Å²) < 4.78 is 28.7. The van der Waals surface area contributed by atoms with Gasteiger partial charge in [-0.2, -0.15) is 0 Å². The maximum absolute atomic E-state index is 13.6. The number of aromatic amines is 1. The minimum Gasteiger partial charge on any atom is -0.334 e. The second-order valence-corrected chi connectivity index (χ2v) is 8.77. The minimum absolute atomic E-state index is 0.0583. The zero-order valence-corrected chi connectivity index (χ0v) is 17.8. The van der Waals surface area contributed by atoms with E-state index in [4.69, 9.17) is 0 Å². The molecule has 3 aromatic rings. The Kier molecular flexibility index (Phi) is 5.55. The van der Waals surface area contributed by atoms with Crippen molar-refractivity contribution in [3.05, 3.63) is 70.1 Å². The highest BCUT2D eigenvalue weighted by Gasteiger charge is 2.32. The third-order valence-corrected chi connectivity index (χ3v) is 6.82. The lowest BCUT2D eigenvalue weighted by Crippen LogP contribution is -2.46. The van der Waals surface area contributed by atoms with Gasteiger partial charge in [0.25, 0.3) is 5.91 Å². The van der Waals surface area contributed by atoms with Gasteiger partial charge in [-0.3, -0.25) is 9.36 Å². The average Bonchev–Trinajstić information content (AvgIpc) is 3.39. The number of H-pyrrole nitrogens is 1. The van der Waals surface area contributed by atoms with Crippen molar-refractivity contribution in [2.45, 2.75) is 37.8 Å². The Hall–Kier alpha value is -3.00. The predicted molar refractivity (Wildman–Crippen MR) is 118 cm³/mol. The first-order chi connectivity index (χ1) is 15.5. The summed E-state index contributed by atoms with van der Waals surface area (Å²) >= 11 is 0. The fourth-order valence-corrected chi connectivity index (χ4v) is 5.18. The van der Waals surface area contributed by atoms with E-state index in [0.717, 1.165) is 68.5 Å². The smallest absolute Gasteiger partial charge is 0.326 e. The molecule has 168 valence electrons. The van der Waals surface area contributed by atoms with Crippen LogP contribution in [0.25, 0.3) is 11.0 Å². The summed E-state index contributed by atoms with van der Waals surface area (Å²) in [5.74, 6) is -2.19. The fourth-order valence-electron chi connectivity index (χ4n) is 5.18. The molecule has 1 unspecified atom stereocenters. The van der Waals surface area contributed by atoms with E-state index in [0.29, 0.717) is 6.54 Å². The molecule has 0 radical (unpaired) electrons. The number of hydrogen-bond donors (Lipinski definition) is 1. The number of nitrogens with one attached hydrogen (secondary N) is 1. The van der Waals surface area contributed by atoms with E-state index < -0.39 is 11.6 Å². The van der Waals surface area contributed by atoms with Crippen LogP contribution >= 0.6 is 0 Å². The van der Waals surface area contributed by atoms with Crippen molar-refractivity contribution in [2.75, 3.05) is 26.2 Å². The first kappa shape index (κ1) is 20.9. The van der Waals surface area contributed by atoms with E-state index in [1.807, 2.05) is 28.8 Å². The van der Waals surface area contributed by atoms with Crippen LogP contribution in [0.4, 0.5) is 8.78 Å². The van der Waals surface area contributed by atoms with E-state index in [1.165, 1.54) is 6.07 Å². The van der Waals surface area contributed by atoms with Gasteiger partial charge in [-0.1, -0.05) is 12.1 Å². The van der Waals surface area contributed by atoms with Crippen LogP contribution in [0.5, 0.6) is 0 Å². The van der Waals surface area contributed by atoms with Gasteiger partial charge in [-0.15, -0.1) is 0 Å². The topological polar surface area (TPSA) is 61.3 Å². The molecule has 2 aliphatic rings. The summed E-state index contributed by atoms with van der Waals surface area (Å²) in [5.41, 5.74) is 1.92. The number of likely N-dealkylation sites (tertiary alicyclic amines) is 2. The van der Waals surface area contributed by atoms with Crippen LogP contribution in [0.2, 0.25) is 0 Å². The lowest BCUT2D eigenvalue weighted by molar-refractivity contribution is 0.0679. The number of rotatable bonds is 4. The van der Waals surface area contributed by atoms with Crippen molar-refractivity contribution in [2.24, 2.45) is 0 Å². The molecular formula is C24H26F2N4O2. The molecule has 32 heavy (non-hydrogen) atoms. The van der Waals surface area contributed by atoms with Crippen LogP contribution in [0.1, 0.15) is 42.1 Å². The molecule has 0 spiro atoms. The molecule has 6 nitrogen and oxygen atoms in total. The molecule has 0 aliphatic carbocycles. The molecule has 1 aromatic heterocycles. The predicted octanol–water partition coefficient (Wildman–Crippen LogP) is 3.55. The molecule has 2 aromatic carbocycles. The summed E-state index contributed by atoms with van der Waals surface area (Å²) in [6.45, 7) is 3.08. The number of amides is 1. The minimum atomic E-state index is -0.999. The van der Waals surface area contributed by atoms with Gasteiger partial charge in [0.1, 0.15) is 0 Å². The number of hydrogen-bond acceptors (Lipinski definition) is 3. The second kappa shape index (κ2) is 8.50. The van der Waals surface area contributed by atoms with Crippen molar-refractivity contribution in [1.29, 1.82) is 0 Å². The number of carbonyl (C=O) groups excluding carboxylic acids is 1. The van der Waals surface area contributed by atoms with Crippen LogP contribution < -0.4 is 5.69 Å². The summed E-state index contributed by atoms with van der Waals surface area (Å²) in [6.07, 6.45) is 3.54. The van der Waals surface area contributed by atoms with E-state index >= 15 is 0 Å². The van der Waals surface area contributed by atoms with Crippen LogP contribution in [0.15, 0.2) is 47.3 Å². The Morgan fingerprint density at radius 3 is 2.56 bits per heavy atom. The maximum atomic E-state index is 13.6. The first-order valence-corrected chi connectivity index (χ1v) is 11.2. The van der Waals surface area contributed by atoms with E-state index in [9.17, 15) is 18.4 Å². The first-order valence-electron chi connectivity index (χ1n) is 11.2. The number of benzene rings is 2. The van der Waals surface area contributed by atoms with Gasteiger partial charge in [0, 0.05) is 43.8 Å². The van der Waals surface area contributed by atoms with Gasteiger partial charge >= 0.3 is 5.69 Å². The average molecular weight is 440 g/mol. The Balaban J connectivity index is 1.23. The van der Waals surface area contributed by atoms with Gasteiger partial charge in [0.15, 0.2) is 11.6 Å². The molecule has 0 bridgehead atoms. The SMILES string of the molecule is O=C(c1ccc(F)c(F)c1)N1CCCC1CN1CCC(n2c(=O)[nH]c3ccccc32)CC1. The summed E-state index contributed by atoms with van der Waals surface area (Å²) in [5, 5.41) is 0. The normalized spacial score (nSPS) is 20.3. The lowest BCUT2D eigenvalue weighted by atomic mass is 10.0. The number of carbonyl (C=O) groups is 1. The number of halogens is 2. The summed E-state index contributed by atoms with van der Waals surface area (Å²) in [4.78, 5) is 32.5. The molecule has 0 saturated carbocycles. The second-order valence-electron chi connectivity index (χ2n) is 8.77. The lowest BCUT2D eigenvalue weighted by Gasteiger charge is -2.36. The Bertz CT molecular complexity index is 1200. The number of nitrogens with zero attached hydrogens (tertiary/aromatic N) is 3. The highest BCUT2D eigenvalue weighted by molar-refractivity contribution is 5.94. The molecule has 2 aliphatic heterocycles. The zero-order valence-electron chi connectivity index (χ0n) is 17.8. The van der Waals surface area contributed by atoms with Crippen LogP contribution in [0, 0.1) is 11.6 Å². The number of aromatic nitrogens is 2. The van der Waals surface area contributed by atoms with Crippen LogP contribution in [-0.4, -0.2) is 57.5 Å². The molecule has 2 saturated heterocycles. The molecule has 1 atom stereocenters. The van der Waals surface area contributed by atoms with Crippen LogP contribution in [0.3, 0.4) is 0 Å². The Morgan fingerprint density at radius 2 is 1.78 bits per heavy atom. The molecular weight excluding hydrogens is 414 g/mol. The quantitative estimate of drug-likeness (QED) is 0.675. The van der Waals surface area contributed by atoms with E-state index in [2.05, 4.69) is 9.88 Å². The molecule has 1 N–H and O–H groups in total.